The van der Waals surface area contributed by atoms with E-state index >= 15 is 0 Å². The molecule has 3 heteroatoms. The van der Waals surface area contributed by atoms with Gasteiger partial charge in [0.05, 0.1) is 0 Å². The van der Waals surface area contributed by atoms with Crippen LogP contribution in [-0.2, 0) is 17.8 Å². The van der Waals surface area contributed by atoms with E-state index in [9.17, 15) is 9.18 Å². The van der Waals surface area contributed by atoms with E-state index in [-0.39, 0.29) is 12.2 Å². The van der Waals surface area contributed by atoms with Gasteiger partial charge < -0.3 is 9.53 Å². The first-order chi connectivity index (χ1) is 8.79. The molecule has 0 fully saturated rings. The van der Waals surface area contributed by atoms with Crippen molar-refractivity contribution >= 4 is 6.29 Å². The van der Waals surface area contributed by atoms with Crippen molar-refractivity contribution < 1.29 is 13.9 Å². The van der Waals surface area contributed by atoms with Gasteiger partial charge in [-0.25, -0.2) is 4.39 Å². The van der Waals surface area contributed by atoms with E-state index in [1.807, 2.05) is 30.3 Å². The molecule has 2 aromatic rings. The van der Waals surface area contributed by atoms with Crippen LogP contribution in [0.1, 0.15) is 11.1 Å². The lowest BCUT2D eigenvalue weighted by Gasteiger charge is -2.10. The quantitative estimate of drug-likeness (QED) is 0.755. The summed E-state index contributed by atoms with van der Waals surface area (Å²) in [5.74, 6) is 0.0543. The third kappa shape index (κ3) is 3.17. The van der Waals surface area contributed by atoms with Crippen molar-refractivity contribution in [3.63, 3.8) is 0 Å². The van der Waals surface area contributed by atoms with E-state index in [1.165, 1.54) is 12.1 Å². The summed E-state index contributed by atoms with van der Waals surface area (Å²) < 4.78 is 18.7. The maximum Gasteiger partial charge on any atom is 0.126 e. The minimum absolute atomic E-state index is 0.227. The highest BCUT2D eigenvalue weighted by Crippen LogP contribution is 2.21. The van der Waals surface area contributed by atoms with E-state index < -0.39 is 0 Å². The molecule has 0 aliphatic heterocycles. The zero-order chi connectivity index (χ0) is 12.8. The van der Waals surface area contributed by atoms with E-state index in [4.69, 9.17) is 4.74 Å². The van der Waals surface area contributed by atoms with E-state index in [1.54, 1.807) is 6.07 Å². The van der Waals surface area contributed by atoms with Crippen LogP contribution < -0.4 is 4.74 Å². The molecule has 0 unspecified atom stereocenters. The number of ether oxygens (including phenoxy) is 1. The monoisotopic (exact) mass is 244 g/mol. The van der Waals surface area contributed by atoms with Gasteiger partial charge in [0, 0.05) is 18.1 Å². The molecule has 0 aromatic heterocycles. The Balaban J connectivity index is 2.12. The summed E-state index contributed by atoms with van der Waals surface area (Å²) in [6, 6.07) is 13.8. The summed E-state index contributed by atoms with van der Waals surface area (Å²) in [4.78, 5) is 10.5. The van der Waals surface area contributed by atoms with Gasteiger partial charge in [0.15, 0.2) is 0 Å². The number of aldehydes is 1. The maximum atomic E-state index is 13.1. The molecule has 0 saturated carbocycles. The number of halogens is 1. The fourth-order valence-electron chi connectivity index (χ4n) is 1.66. The zero-order valence-corrected chi connectivity index (χ0v) is 9.80. The minimum Gasteiger partial charge on any atom is -0.489 e. The largest absolute Gasteiger partial charge is 0.489 e. The molecule has 0 amide bonds. The van der Waals surface area contributed by atoms with Crippen LogP contribution >= 0.6 is 0 Å². The summed E-state index contributed by atoms with van der Waals surface area (Å²) in [6.07, 6.45) is 1.01. The van der Waals surface area contributed by atoms with Crippen molar-refractivity contribution in [2.45, 2.75) is 13.0 Å². The topological polar surface area (TPSA) is 26.3 Å². The molecular weight excluding hydrogens is 231 g/mol. The van der Waals surface area contributed by atoms with Gasteiger partial charge in [0.25, 0.3) is 0 Å². The third-order valence-electron chi connectivity index (χ3n) is 2.57. The number of carbonyl (C=O) groups excluding carboxylic acids is 1. The predicted octanol–water partition coefficient (Wildman–Crippen LogP) is 3.15. The Hall–Kier alpha value is -2.16. The van der Waals surface area contributed by atoms with Gasteiger partial charge in [0.2, 0.25) is 0 Å². The third-order valence-corrected chi connectivity index (χ3v) is 2.57. The van der Waals surface area contributed by atoms with Crippen molar-refractivity contribution in [1.82, 2.24) is 0 Å². The Labute approximate surface area is 105 Å². The summed E-state index contributed by atoms with van der Waals surface area (Å²) >= 11 is 0. The van der Waals surface area contributed by atoms with Crippen molar-refractivity contribution in [3.05, 3.63) is 65.5 Å². The lowest BCUT2D eigenvalue weighted by Crippen LogP contribution is -1.99. The van der Waals surface area contributed by atoms with Crippen molar-refractivity contribution in [2.75, 3.05) is 0 Å². The van der Waals surface area contributed by atoms with Gasteiger partial charge in [-0.2, -0.15) is 0 Å². The number of hydrogen-bond donors (Lipinski definition) is 0. The first-order valence-corrected chi connectivity index (χ1v) is 5.68. The lowest BCUT2D eigenvalue weighted by molar-refractivity contribution is -0.107. The molecule has 0 radical (unpaired) electrons. The minimum atomic E-state index is -0.368. The summed E-state index contributed by atoms with van der Waals surface area (Å²) in [5.41, 5.74) is 1.70. The predicted molar refractivity (Wildman–Crippen MR) is 66.9 cm³/mol. The van der Waals surface area contributed by atoms with Crippen LogP contribution in [0.25, 0.3) is 0 Å². The first-order valence-electron chi connectivity index (χ1n) is 5.68. The van der Waals surface area contributed by atoms with Gasteiger partial charge >= 0.3 is 0 Å². The molecule has 92 valence electrons. The van der Waals surface area contributed by atoms with Crippen LogP contribution in [0.4, 0.5) is 4.39 Å². The fraction of sp³-hybridized carbons (Fsp3) is 0.133. The molecule has 0 N–H and O–H groups in total. The van der Waals surface area contributed by atoms with E-state index in [2.05, 4.69) is 0 Å². The Morgan fingerprint density at radius 1 is 1.11 bits per heavy atom. The maximum absolute atomic E-state index is 13.1. The molecule has 0 heterocycles. The average molecular weight is 244 g/mol. The van der Waals surface area contributed by atoms with Crippen molar-refractivity contribution in [3.8, 4) is 5.75 Å². The van der Waals surface area contributed by atoms with Gasteiger partial charge in [-0.15, -0.1) is 0 Å². The van der Waals surface area contributed by atoms with E-state index in [0.29, 0.717) is 17.9 Å². The smallest absolute Gasteiger partial charge is 0.126 e. The SMILES string of the molecule is O=CCc1ccc(F)cc1OCc1ccccc1. The van der Waals surface area contributed by atoms with Crippen LogP contribution in [-0.4, -0.2) is 6.29 Å². The molecule has 0 saturated heterocycles. The summed E-state index contributed by atoms with van der Waals surface area (Å²) in [5, 5.41) is 0. The van der Waals surface area contributed by atoms with Crippen molar-refractivity contribution in [2.24, 2.45) is 0 Å². The standard InChI is InChI=1S/C15H13FO2/c16-14-7-6-13(8-9-17)15(10-14)18-11-12-4-2-1-3-5-12/h1-7,9-10H,8,11H2. The van der Waals surface area contributed by atoms with Crippen molar-refractivity contribution in [1.29, 1.82) is 0 Å². The molecule has 18 heavy (non-hydrogen) atoms. The second-order valence-corrected chi connectivity index (χ2v) is 3.90. The number of rotatable bonds is 5. The summed E-state index contributed by atoms with van der Waals surface area (Å²) in [7, 11) is 0. The highest BCUT2D eigenvalue weighted by molar-refractivity contribution is 5.57. The van der Waals surface area contributed by atoms with Gasteiger partial charge in [-0.05, 0) is 11.6 Å². The molecule has 0 bridgehead atoms. The van der Waals surface area contributed by atoms with Gasteiger partial charge in [-0.1, -0.05) is 36.4 Å². The molecule has 0 aliphatic rings. The number of carbonyl (C=O) groups is 1. The molecular formula is C15H13FO2. The highest BCUT2D eigenvalue weighted by Gasteiger charge is 2.05. The first kappa shape index (κ1) is 12.3. The number of benzene rings is 2. The van der Waals surface area contributed by atoms with Gasteiger partial charge in [0.1, 0.15) is 24.5 Å². The molecule has 0 atom stereocenters. The van der Waals surface area contributed by atoms with E-state index in [0.717, 1.165) is 11.8 Å². The number of hydrogen-bond acceptors (Lipinski definition) is 2. The Morgan fingerprint density at radius 2 is 1.89 bits per heavy atom. The summed E-state index contributed by atoms with van der Waals surface area (Å²) in [6.45, 7) is 0.357. The Morgan fingerprint density at radius 3 is 2.61 bits per heavy atom. The molecule has 2 nitrogen and oxygen atoms in total. The molecule has 2 rings (SSSR count). The zero-order valence-electron chi connectivity index (χ0n) is 9.80. The lowest BCUT2D eigenvalue weighted by atomic mass is 10.1. The Kier molecular flexibility index (Phi) is 4.07. The van der Waals surface area contributed by atoms with Gasteiger partial charge in [-0.3, -0.25) is 0 Å². The fourth-order valence-corrected chi connectivity index (χ4v) is 1.66. The molecule has 2 aromatic carbocycles. The highest BCUT2D eigenvalue weighted by atomic mass is 19.1. The Bertz CT molecular complexity index is 523. The van der Waals surface area contributed by atoms with Crippen LogP contribution in [0, 0.1) is 5.82 Å². The van der Waals surface area contributed by atoms with Crippen LogP contribution in [0.3, 0.4) is 0 Å². The second-order valence-electron chi connectivity index (χ2n) is 3.90. The molecule has 0 aliphatic carbocycles. The molecule has 0 spiro atoms. The van der Waals surface area contributed by atoms with Crippen LogP contribution in [0.5, 0.6) is 5.75 Å². The normalized spacial score (nSPS) is 10.1. The van der Waals surface area contributed by atoms with Crippen LogP contribution in [0.15, 0.2) is 48.5 Å². The average Bonchev–Trinajstić information content (AvgIpc) is 2.40. The van der Waals surface area contributed by atoms with Crippen LogP contribution in [0.2, 0.25) is 0 Å². The second kappa shape index (κ2) is 5.96.